The molecule has 1 heterocycles. The van der Waals surface area contributed by atoms with E-state index in [4.69, 9.17) is 4.42 Å². The molecule has 0 aliphatic heterocycles. The van der Waals surface area contributed by atoms with Crippen LogP contribution < -0.4 is 5.32 Å². The summed E-state index contributed by atoms with van der Waals surface area (Å²) in [5, 5.41) is 12.1. The number of nitrogens with zero attached hydrogens (tertiary/aromatic N) is 1. The lowest BCUT2D eigenvalue weighted by Crippen LogP contribution is -2.23. The highest BCUT2D eigenvalue weighted by molar-refractivity contribution is 7.99. The van der Waals surface area contributed by atoms with Gasteiger partial charge in [0.05, 0.1) is 23.9 Å². The van der Waals surface area contributed by atoms with Gasteiger partial charge in [-0.15, -0.1) is 0 Å². The van der Waals surface area contributed by atoms with Crippen molar-refractivity contribution in [2.45, 2.75) is 16.3 Å². The van der Waals surface area contributed by atoms with E-state index in [-0.39, 0.29) is 5.91 Å². The summed E-state index contributed by atoms with van der Waals surface area (Å²) in [7, 11) is 0. The van der Waals surface area contributed by atoms with Crippen LogP contribution in [-0.2, 0) is 6.54 Å². The Bertz CT molecular complexity index is 882. The third-order valence-corrected chi connectivity index (χ3v) is 4.51. The van der Waals surface area contributed by atoms with Crippen molar-refractivity contribution in [2.24, 2.45) is 0 Å². The molecule has 0 bridgehead atoms. The van der Waals surface area contributed by atoms with E-state index in [1.807, 2.05) is 42.5 Å². The molecular formula is C19H14N2O2S. The molecule has 0 radical (unpaired) electrons. The first-order chi connectivity index (χ1) is 11.8. The molecule has 4 nitrogen and oxygen atoms in total. The summed E-state index contributed by atoms with van der Waals surface area (Å²) >= 11 is 1.41. The normalized spacial score (nSPS) is 10.1. The predicted octanol–water partition coefficient (Wildman–Crippen LogP) is 4.23. The molecule has 2 aromatic carbocycles. The molecule has 0 atom stereocenters. The van der Waals surface area contributed by atoms with Gasteiger partial charge >= 0.3 is 0 Å². The quantitative estimate of drug-likeness (QED) is 0.758. The van der Waals surface area contributed by atoms with Gasteiger partial charge in [-0.2, -0.15) is 5.26 Å². The molecule has 0 saturated carbocycles. The minimum absolute atomic E-state index is 0.177. The van der Waals surface area contributed by atoms with Crippen LogP contribution in [0.15, 0.2) is 81.1 Å². The maximum atomic E-state index is 12.5. The van der Waals surface area contributed by atoms with Crippen molar-refractivity contribution in [3.05, 3.63) is 83.8 Å². The van der Waals surface area contributed by atoms with Gasteiger partial charge in [-0.1, -0.05) is 36.0 Å². The van der Waals surface area contributed by atoms with Crippen LogP contribution in [0.4, 0.5) is 0 Å². The summed E-state index contributed by atoms with van der Waals surface area (Å²) in [6.45, 7) is 0.333. The third kappa shape index (κ3) is 3.67. The second kappa shape index (κ2) is 7.53. The van der Waals surface area contributed by atoms with Crippen molar-refractivity contribution in [1.82, 2.24) is 5.32 Å². The number of benzene rings is 2. The van der Waals surface area contributed by atoms with Crippen LogP contribution in [-0.4, -0.2) is 5.91 Å². The van der Waals surface area contributed by atoms with Crippen LogP contribution in [0.2, 0.25) is 0 Å². The van der Waals surface area contributed by atoms with Crippen LogP contribution in [0.3, 0.4) is 0 Å². The minimum atomic E-state index is -0.177. The van der Waals surface area contributed by atoms with Gasteiger partial charge in [0, 0.05) is 9.79 Å². The fourth-order valence-electron chi connectivity index (χ4n) is 2.19. The molecule has 1 N–H and O–H groups in total. The molecule has 0 saturated heterocycles. The molecular weight excluding hydrogens is 320 g/mol. The van der Waals surface area contributed by atoms with Gasteiger partial charge in [-0.25, -0.2) is 0 Å². The Labute approximate surface area is 144 Å². The molecule has 0 aliphatic carbocycles. The molecule has 3 rings (SSSR count). The van der Waals surface area contributed by atoms with Crippen LogP contribution in [0.1, 0.15) is 21.7 Å². The molecule has 0 fully saturated rings. The number of amides is 1. The second-order valence-corrected chi connectivity index (χ2v) is 6.05. The fourth-order valence-corrected chi connectivity index (χ4v) is 3.21. The number of hydrogen-bond donors (Lipinski definition) is 1. The van der Waals surface area contributed by atoms with E-state index in [0.717, 1.165) is 9.79 Å². The summed E-state index contributed by atoms with van der Waals surface area (Å²) < 4.78 is 5.22. The number of nitrogens with one attached hydrogen (secondary N) is 1. The lowest BCUT2D eigenvalue weighted by Gasteiger charge is -2.10. The van der Waals surface area contributed by atoms with E-state index in [9.17, 15) is 10.1 Å². The zero-order valence-corrected chi connectivity index (χ0v) is 13.5. The Morgan fingerprint density at radius 1 is 1.04 bits per heavy atom. The Morgan fingerprint density at radius 3 is 2.54 bits per heavy atom. The highest BCUT2D eigenvalue weighted by Crippen LogP contribution is 2.32. The lowest BCUT2D eigenvalue weighted by atomic mass is 10.2. The molecule has 1 amide bonds. The Kier molecular flexibility index (Phi) is 4.99. The summed E-state index contributed by atoms with van der Waals surface area (Å²) in [6, 6.07) is 20.5. The number of carbonyl (C=O) groups is 1. The highest BCUT2D eigenvalue weighted by Gasteiger charge is 2.13. The molecule has 3 aromatic rings. The van der Waals surface area contributed by atoms with E-state index in [1.54, 1.807) is 24.5 Å². The average molecular weight is 334 g/mol. The maximum Gasteiger partial charge on any atom is 0.252 e. The van der Waals surface area contributed by atoms with Gasteiger partial charge in [-0.05, 0) is 36.4 Å². The summed E-state index contributed by atoms with van der Waals surface area (Å²) in [4.78, 5) is 14.1. The number of furan rings is 1. The molecule has 0 spiro atoms. The maximum absolute atomic E-state index is 12.5. The number of hydrogen-bond acceptors (Lipinski definition) is 4. The van der Waals surface area contributed by atoms with Gasteiger partial charge < -0.3 is 9.73 Å². The Balaban J connectivity index is 1.80. The molecule has 24 heavy (non-hydrogen) atoms. The van der Waals surface area contributed by atoms with E-state index in [0.29, 0.717) is 23.4 Å². The second-order valence-electron chi connectivity index (χ2n) is 4.97. The largest absolute Gasteiger partial charge is 0.467 e. The van der Waals surface area contributed by atoms with Crippen molar-refractivity contribution in [3.63, 3.8) is 0 Å². The van der Waals surface area contributed by atoms with Crippen LogP contribution in [0.25, 0.3) is 0 Å². The molecule has 1 aromatic heterocycles. The smallest absolute Gasteiger partial charge is 0.252 e. The number of carbonyl (C=O) groups excluding carboxylic acids is 1. The first-order valence-electron chi connectivity index (χ1n) is 7.34. The van der Waals surface area contributed by atoms with Gasteiger partial charge in [0.2, 0.25) is 0 Å². The van der Waals surface area contributed by atoms with E-state index >= 15 is 0 Å². The standard InChI is InChI=1S/C19H14N2O2S/c20-12-14-6-1-3-9-17(14)24-18-10-4-2-8-16(18)19(22)21-13-15-7-5-11-23-15/h1-11H,13H2,(H,21,22). The minimum Gasteiger partial charge on any atom is -0.467 e. The number of nitriles is 1. The molecule has 0 aliphatic rings. The molecule has 0 unspecified atom stereocenters. The summed E-state index contributed by atoms with van der Waals surface area (Å²) in [6.07, 6.45) is 1.57. The van der Waals surface area contributed by atoms with E-state index < -0.39 is 0 Å². The van der Waals surface area contributed by atoms with Gasteiger partial charge in [0.15, 0.2) is 0 Å². The van der Waals surface area contributed by atoms with Crippen molar-refractivity contribution >= 4 is 17.7 Å². The zero-order valence-electron chi connectivity index (χ0n) is 12.7. The highest BCUT2D eigenvalue weighted by atomic mass is 32.2. The van der Waals surface area contributed by atoms with Gasteiger partial charge in [0.25, 0.3) is 5.91 Å². The Morgan fingerprint density at radius 2 is 1.79 bits per heavy atom. The monoisotopic (exact) mass is 334 g/mol. The van der Waals surface area contributed by atoms with Crippen LogP contribution >= 0.6 is 11.8 Å². The number of rotatable bonds is 5. The third-order valence-electron chi connectivity index (χ3n) is 3.36. The van der Waals surface area contributed by atoms with Crippen LogP contribution in [0, 0.1) is 11.3 Å². The van der Waals surface area contributed by atoms with Crippen molar-refractivity contribution in [1.29, 1.82) is 5.26 Å². The fraction of sp³-hybridized carbons (Fsp3) is 0.0526. The zero-order chi connectivity index (χ0) is 16.8. The Hall–Kier alpha value is -2.97. The molecule has 5 heteroatoms. The average Bonchev–Trinajstić information content (AvgIpc) is 3.14. The SMILES string of the molecule is N#Cc1ccccc1Sc1ccccc1C(=O)NCc1ccco1. The summed E-state index contributed by atoms with van der Waals surface area (Å²) in [5.74, 6) is 0.521. The topological polar surface area (TPSA) is 66.0 Å². The first kappa shape index (κ1) is 15.9. The van der Waals surface area contributed by atoms with Crippen molar-refractivity contribution < 1.29 is 9.21 Å². The lowest BCUT2D eigenvalue weighted by molar-refractivity contribution is 0.0945. The van der Waals surface area contributed by atoms with Gasteiger partial charge in [0.1, 0.15) is 11.8 Å². The molecule has 118 valence electrons. The van der Waals surface area contributed by atoms with E-state index in [1.165, 1.54) is 11.8 Å². The summed E-state index contributed by atoms with van der Waals surface area (Å²) in [5.41, 5.74) is 1.16. The van der Waals surface area contributed by atoms with Gasteiger partial charge in [-0.3, -0.25) is 4.79 Å². The van der Waals surface area contributed by atoms with Crippen LogP contribution in [0.5, 0.6) is 0 Å². The van der Waals surface area contributed by atoms with Crippen molar-refractivity contribution in [3.8, 4) is 6.07 Å². The van der Waals surface area contributed by atoms with Crippen molar-refractivity contribution in [2.75, 3.05) is 0 Å². The predicted molar refractivity (Wildman–Crippen MR) is 91.6 cm³/mol. The first-order valence-corrected chi connectivity index (χ1v) is 8.16. The van der Waals surface area contributed by atoms with E-state index in [2.05, 4.69) is 11.4 Å².